The number of hydrogen-bond acceptors (Lipinski definition) is 5. The van der Waals surface area contributed by atoms with Crippen molar-refractivity contribution in [3.8, 4) is 5.75 Å². The molecule has 0 spiro atoms. The molecule has 1 aliphatic carbocycles. The van der Waals surface area contributed by atoms with E-state index in [1.165, 1.54) is 11.1 Å². The minimum absolute atomic E-state index is 0.315. The SMILES string of the molecule is Cc1ccc(O)c2c1CCC/C2=N\Nc1nc2ccccc2s1. The lowest BCUT2D eigenvalue weighted by molar-refractivity contribution is 0.472. The summed E-state index contributed by atoms with van der Waals surface area (Å²) in [6.07, 6.45) is 2.91. The van der Waals surface area contributed by atoms with Crippen LogP contribution in [0.1, 0.15) is 29.5 Å². The molecule has 0 atom stereocenters. The zero-order valence-corrected chi connectivity index (χ0v) is 13.7. The summed E-state index contributed by atoms with van der Waals surface area (Å²) in [5.74, 6) is 0.315. The predicted molar refractivity (Wildman–Crippen MR) is 95.6 cm³/mol. The number of para-hydroxylation sites is 1. The van der Waals surface area contributed by atoms with Crippen LogP contribution in [-0.4, -0.2) is 15.8 Å². The van der Waals surface area contributed by atoms with Gasteiger partial charge in [0.15, 0.2) is 0 Å². The van der Waals surface area contributed by atoms with Gasteiger partial charge < -0.3 is 5.11 Å². The van der Waals surface area contributed by atoms with Gasteiger partial charge in [-0.1, -0.05) is 29.5 Å². The van der Waals surface area contributed by atoms with Gasteiger partial charge in [0.2, 0.25) is 5.13 Å². The van der Waals surface area contributed by atoms with Crippen LogP contribution in [0, 0.1) is 6.92 Å². The van der Waals surface area contributed by atoms with Crippen molar-refractivity contribution in [1.29, 1.82) is 0 Å². The van der Waals surface area contributed by atoms with Crippen LogP contribution in [0.5, 0.6) is 5.75 Å². The van der Waals surface area contributed by atoms with Gasteiger partial charge in [-0.05, 0) is 55.5 Å². The van der Waals surface area contributed by atoms with Crippen molar-refractivity contribution < 1.29 is 5.11 Å². The highest BCUT2D eigenvalue weighted by molar-refractivity contribution is 7.22. The summed E-state index contributed by atoms with van der Waals surface area (Å²) in [6.45, 7) is 2.09. The van der Waals surface area contributed by atoms with Crippen LogP contribution in [0.25, 0.3) is 10.2 Å². The summed E-state index contributed by atoms with van der Waals surface area (Å²) in [7, 11) is 0. The highest BCUT2D eigenvalue weighted by atomic mass is 32.1. The molecule has 0 bridgehead atoms. The van der Waals surface area contributed by atoms with Crippen molar-refractivity contribution in [2.45, 2.75) is 26.2 Å². The van der Waals surface area contributed by atoms with Gasteiger partial charge in [0.25, 0.3) is 0 Å². The summed E-state index contributed by atoms with van der Waals surface area (Å²) in [6, 6.07) is 11.8. The molecule has 2 N–H and O–H groups in total. The number of hydrogen-bond donors (Lipinski definition) is 2. The number of aryl methyl sites for hydroxylation is 1. The average molecular weight is 323 g/mol. The minimum Gasteiger partial charge on any atom is -0.507 e. The monoisotopic (exact) mass is 323 g/mol. The van der Waals surface area contributed by atoms with Crippen molar-refractivity contribution in [3.05, 3.63) is 53.1 Å². The second-order valence-corrected chi connectivity index (χ2v) is 6.80. The highest BCUT2D eigenvalue weighted by Crippen LogP contribution is 2.32. The van der Waals surface area contributed by atoms with Crippen molar-refractivity contribution in [2.24, 2.45) is 5.10 Å². The molecule has 5 heteroatoms. The molecule has 0 amide bonds. The second kappa shape index (κ2) is 5.66. The molecule has 23 heavy (non-hydrogen) atoms. The number of thiazole rings is 1. The third kappa shape index (κ3) is 2.57. The van der Waals surface area contributed by atoms with E-state index >= 15 is 0 Å². The summed E-state index contributed by atoms with van der Waals surface area (Å²) in [4.78, 5) is 4.53. The lowest BCUT2D eigenvalue weighted by Gasteiger charge is -2.20. The molecule has 1 aliphatic rings. The summed E-state index contributed by atoms with van der Waals surface area (Å²) in [5, 5.41) is 15.6. The number of phenolic OH excluding ortho intramolecular Hbond substituents is 1. The first kappa shape index (κ1) is 14.2. The van der Waals surface area contributed by atoms with Gasteiger partial charge in [0.1, 0.15) is 5.75 Å². The van der Waals surface area contributed by atoms with E-state index in [2.05, 4.69) is 28.5 Å². The average Bonchev–Trinajstić information content (AvgIpc) is 2.99. The number of hydrazone groups is 1. The maximum Gasteiger partial charge on any atom is 0.204 e. The predicted octanol–water partition coefficient (Wildman–Crippen LogP) is 4.46. The third-order valence-corrected chi connectivity index (χ3v) is 5.18. The molecule has 0 fully saturated rings. The summed E-state index contributed by atoms with van der Waals surface area (Å²) < 4.78 is 1.14. The quantitative estimate of drug-likeness (QED) is 0.684. The molecule has 3 aromatic rings. The van der Waals surface area contributed by atoms with Gasteiger partial charge in [-0.15, -0.1) is 0 Å². The van der Waals surface area contributed by atoms with E-state index < -0.39 is 0 Å². The van der Waals surface area contributed by atoms with Crippen LogP contribution in [0.3, 0.4) is 0 Å². The summed E-state index contributed by atoms with van der Waals surface area (Å²) in [5.41, 5.74) is 8.28. The van der Waals surface area contributed by atoms with E-state index in [4.69, 9.17) is 0 Å². The Morgan fingerprint density at radius 1 is 1.17 bits per heavy atom. The van der Waals surface area contributed by atoms with E-state index in [0.29, 0.717) is 5.75 Å². The largest absolute Gasteiger partial charge is 0.507 e. The van der Waals surface area contributed by atoms with Gasteiger partial charge in [-0.25, -0.2) is 4.98 Å². The molecule has 0 saturated heterocycles. The Bertz CT molecular complexity index is 881. The van der Waals surface area contributed by atoms with Crippen molar-refractivity contribution in [3.63, 3.8) is 0 Å². The number of aromatic hydroxyl groups is 1. The first-order valence-corrected chi connectivity index (χ1v) is 8.54. The van der Waals surface area contributed by atoms with E-state index in [9.17, 15) is 5.11 Å². The Morgan fingerprint density at radius 2 is 2.04 bits per heavy atom. The van der Waals surface area contributed by atoms with Crippen LogP contribution in [0.15, 0.2) is 41.5 Å². The fourth-order valence-corrected chi connectivity index (χ4v) is 3.90. The fourth-order valence-electron chi connectivity index (χ4n) is 3.09. The van der Waals surface area contributed by atoms with E-state index in [0.717, 1.165) is 45.9 Å². The number of aromatic nitrogens is 1. The van der Waals surface area contributed by atoms with Crippen LogP contribution in [0.4, 0.5) is 5.13 Å². The number of nitrogens with zero attached hydrogens (tertiary/aromatic N) is 2. The molecule has 0 aliphatic heterocycles. The first-order chi connectivity index (χ1) is 11.2. The smallest absolute Gasteiger partial charge is 0.204 e. The first-order valence-electron chi connectivity index (χ1n) is 7.72. The van der Waals surface area contributed by atoms with Gasteiger partial charge in [-0.3, -0.25) is 5.43 Å². The van der Waals surface area contributed by atoms with E-state index in [1.54, 1.807) is 17.4 Å². The molecule has 0 radical (unpaired) electrons. The zero-order valence-electron chi connectivity index (χ0n) is 12.8. The molecule has 4 nitrogen and oxygen atoms in total. The number of nitrogens with one attached hydrogen (secondary N) is 1. The van der Waals surface area contributed by atoms with Crippen molar-refractivity contribution in [1.82, 2.24) is 4.98 Å². The Labute approximate surface area is 138 Å². The van der Waals surface area contributed by atoms with Gasteiger partial charge in [-0.2, -0.15) is 5.10 Å². The lowest BCUT2D eigenvalue weighted by atomic mass is 9.86. The molecule has 116 valence electrons. The molecule has 1 heterocycles. The molecule has 2 aromatic carbocycles. The second-order valence-electron chi connectivity index (χ2n) is 5.77. The van der Waals surface area contributed by atoms with Crippen molar-refractivity contribution in [2.75, 3.05) is 5.43 Å². The highest BCUT2D eigenvalue weighted by Gasteiger charge is 2.21. The van der Waals surface area contributed by atoms with Crippen molar-refractivity contribution >= 4 is 32.4 Å². The Kier molecular flexibility index (Phi) is 3.50. The molecule has 1 aromatic heterocycles. The Morgan fingerprint density at radius 3 is 2.91 bits per heavy atom. The maximum atomic E-state index is 10.2. The normalized spacial score (nSPS) is 15.8. The van der Waals surface area contributed by atoms with Crippen LogP contribution in [-0.2, 0) is 6.42 Å². The Hall–Kier alpha value is -2.40. The van der Waals surface area contributed by atoms with Gasteiger partial charge in [0, 0.05) is 5.56 Å². The maximum absolute atomic E-state index is 10.2. The molecule has 0 saturated carbocycles. The topological polar surface area (TPSA) is 57.5 Å². The van der Waals surface area contributed by atoms with Crippen LogP contribution in [0.2, 0.25) is 0 Å². The zero-order chi connectivity index (χ0) is 15.8. The van der Waals surface area contributed by atoms with Crippen LogP contribution < -0.4 is 5.43 Å². The molecular formula is C18H17N3OS. The van der Waals surface area contributed by atoms with Gasteiger partial charge >= 0.3 is 0 Å². The Balaban J connectivity index is 1.69. The fraction of sp³-hybridized carbons (Fsp3) is 0.222. The number of benzene rings is 2. The van der Waals surface area contributed by atoms with Gasteiger partial charge in [0.05, 0.1) is 15.9 Å². The molecule has 4 rings (SSSR count). The number of rotatable bonds is 2. The van der Waals surface area contributed by atoms with Crippen LogP contribution >= 0.6 is 11.3 Å². The standard InChI is InChI=1S/C18H17N3OS/c1-11-9-10-15(22)17-12(11)5-4-7-14(17)20-21-18-19-13-6-2-3-8-16(13)23-18/h2-3,6,8-10,22H,4-5,7H2,1H3,(H,19,21)/b20-14+. The number of phenols is 1. The third-order valence-electron chi connectivity index (χ3n) is 4.23. The molecule has 0 unspecified atom stereocenters. The number of fused-ring (bicyclic) bond motifs is 2. The van der Waals surface area contributed by atoms with E-state index in [-0.39, 0.29) is 0 Å². The van der Waals surface area contributed by atoms with E-state index in [1.807, 2.05) is 24.3 Å². The minimum atomic E-state index is 0.315. The summed E-state index contributed by atoms with van der Waals surface area (Å²) >= 11 is 1.58. The number of anilines is 1. The molecular weight excluding hydrogens is 306 g/mol. The lowest BCUT2D eigenvalue weighted by Crippen LogP contribution is -2.15.